The zero-order valence-corrected chi connectivity index (χ0v) is 19.9. The number of aromatic nitrogens is 2. The van der Waals surface area contributed by atoms with Gasteiger partial charge < -0.3 is 18.8 Å². The molecular weight excluding hydrogens is 412 g/mol. The first-order valence-electron chi connectivity index (χ1n) is 11.5. The van der Waals surface area contributed by atoms with Crippen LogP contribution in [0.5, 0.6) is 17.2 Å². The molecule has 0 N–H and O–H groups in total. The van der Waals surface area contributed by atoms with Crippen LogP contribution in [-0.2, 0) is 13.2 Å². The average molecular weight is 445 g/mol. The SMILES string of the molecule is COc1ccc(OCc2nc3ccccc3n2CCCOc2cc(C)ccc2C(C)C)cc1. The molecule has 0 aliphatic heterocycles. The fourth-order valence-corrected chi connectivity index (χ4v) is 3.95. The second-order valence-electron chi connectivity index (χ2n) is 8.53. The molecule has 0 unspecified atom stereocenters. The molecule has 0 aliphatic carbocycles. The van der Waals surface area contributed by atoms with Crippen LogP contribution in [0.2, 0.25) is 0 Å². The first-order valence-corrected chi connectivity index (χ1v) is 11.5. The molecule has 4 aromatic rings. The summed E-state index contributed by atoms with van der Waals surface area (Å²) in [5.74, 6) is 3.93. The van der Waals surface area contributed by atoms with Crippen molar-refractivity contribution in [3.8, 4) is 17.2 Å². The normalized spacial score (nSPS) is 11.2. The monoisotopic (exact) mass is 444 g/mol. The Kier molecular flexibility index (Phi) is 7.18. The third-order valence-electron chi connectivity index (χ3n) is 5.74. The van der Waals surface area contributed by atoms with Crippen molar-refractivity contribution in [3.63, 3.8) is 0 Å². The van der Waals surface area contributed by atoms with E-state index >= 15 is 0 Å². The van der Waals surface area contributed by atoms with Crippen molar-refractivity contribution in [1.29, 1.82) is 0 Å². The Labute approximate surface area is 195 Å². The van der Waals surface area contributed by atoms with Gasteiger partial charge in [-0.05, 0) is 72.9 Å². The Morgan fingerprint density at radius 2 is 1.67 bits per heavy atom. The second kappa shape index (κ2) is 10.4. The molecule has 0 atom stereocenters. The van der Waals surface area contributed by atoms with E-state index in [9.17, 15) is 0 Å². The molecule has 172 valence electrons. The van der Waals surface area contributed by atoms with E-state index in [1.165, 1.54) is 11.1 Å². The summed E-state index contributed by atoms with van der Waals surface area (Å²) in [6.45, 7) is 8.36. The van der Waals surface area contributed by atoms with Crippen LogP contribution in [0, 0.1) is 6.92 Å². The molecule has 0 fully saturated rings. The van der Waals surface area contributed by atoms with Crippen LogP contribution in [0.1, 0.15) is 43.1 Å². The average Bonchev–Trinajstić information content (AvgIpc) is 3.18. The van der Waals surface area contributed by atoms with Crippen molar-refractivity contribution in [2.45, 2.75) is 46.3 Å². The van der Waals surface area contributed by atoms with Gasteiger partial charge in [-0.25, -0.2) is 4.98 Å². The Balaban J connectivity index is 1.44. The van der Waals surface area contributed by atoms with E-state index in [1.54, 1.807) is 7.11 Å². The van der Waals surface area contributed by atoms with Crippen molar-refractivity contribution in [2.75, 3.05) is 13.7 Å². The van der Waals surface area contributed by atoms with Crippen LogP contribution in [0.15, 0.2) is 66.7 Å². The molecule has 5 nitrogen and oxygen atoms in total. The van der Waals surface area contributed by atoms with E-state index < -0.39 is 0 Å². The number of aryl methyl sites for hydroxylation is 2. The molecule has 4 rings (SSSR count). The number of ether oxygens (including phenoxy) is 3. The lowest BCUT2D eigenvalue weighted by atomic mass is 10.0. The van der Waals surface area contributed by atoms with Crippen molar-refractivity contribution in [2.24, 2.45) is 0 Å². The molecule has 0 spiro atoms. The lowest BCUT2D eigenvalue weighted by Gasteiger charge is -2.15. The van der Waals surface area contributed by atoms with Gasteiger partial charge in [0.15, 0.2) is 0 Å². The summed E-state index contributed by atoms with van der Waals surface area (Å²) in [7, 11) is 1.66. The van der Waals surface area contributed by atoms with Gasteiger partial charge in [0.25, 0.3) is 0 Å². The minimum atomic E-state index is 0.400. The zero-order chi connectivity index (χ0) is 23.2. The van der Waals surface area contributed by atoms with Crippen LogP contribution in [0.4, 0.5) is 0 Å². The van der Waals surface area contributed by atoms with E-state index in [0.717, 1.165) is 47.1 Å². The number of imidazole rings is 1. The lowest BCUT2D eigenvalue weighted by molar-refractivity contribution is 0.279. The van der Waals surface area contributed by atoms with E-state index in [0.29, 0.717) is 19.1 Å². The molecule has 0 saturated heterocycles. The van der Waals surface area contributed by atoms with Gasteiger partial charge in [-0.15, -0.1) is 0 Å². The molecule has 0 aliphatic rings. The van der Waals surface area contributed by atoms with Crippen LogP contribution < -0.4 is 14.2 Å². The summed E-state index contributed by atoms with van der Waals surface area (Å²) >= 11 is 0. The van der Waals surface area contributed by atoms with Gasteiger partial charge in [-0.1, -0.05) is 38.1 Å². The molecule has 3 aromatic carbocycles. The summed E-state index contributed by atoms with van der Waals surface area (Å²) < 4.78 is 19.7. The molecule has 33 heavy (non-hydrogen) atoms. The smallest absolute Gasteiger partial charge is 0.147 e. The van der Waals surface area contributed by atoms with Gasteiger partial charge in [0.2, 0.25) is 0 Å². The summed E-state index contributed by atoms with van der Waals surface area (Å²) in [6.07, 6.45) is 0.876. The van der Waals surface area contributed by atoms with Crippen LogP contribution >= 0.6 is 0 Å². The number of rotatable bonds is 10. The number of hydrogen-bond donors (Lipinski definition) is 0. The molecule has 0 amide bonds. The summed E-state index contributed by atoms with van der Waals surface area (Å²) in [5.41, 5.74) is 4.56. The first-order chi connectivity index (χ1) is 16.0. The quantitative estimate of drug-likeness (QED) is 0.261. The van der Waals surface area contributed by atoms with Crippen LogP contribution in [0.25, 0.3) is 11.0 Å². The van der Waals surface area contributed by atoms with Gasteiger partial charge in [-0.3, -0.25) is 0 Å². The van der Waals surface area contributed by atoms with E-state index in [4.69, 9.17) is 19.2 Å². The van der Waals surface area contributed by atoms with Gasteiger partial charge in [0, 0.05) is 6.54 Å². The fraction of sp³-hybridized carbons (Fsp3) is 0.321. The predicted octanol–water partition coefficient (Wildman–Crippen LogP) is 6.52. The topological polar surface area (TPSA) is 45.5 Å². The lowest BCUT2D eigenvalue weighted by Crippen LogP contribution is -2.10. The molecule has 0 radical (unpaired) electrons. The molecule has 0 saturated carbocycles. The van der Waals surface area contributed by atoms with Crippen molar-refractivity contribution in [1.82, 2.24) is 9.55 Å². The largest absolute Gasteiger partial charge is 0.497 e. The van der Waals surface area contributed by atoms with Gasteiger partial charge in [0.1, 0.15) is 29.7 Å². The fourth-order valence-electron chi connectivity index (χ4n) is 3.95. The maximum atomic E-state index is 6.20. The second-order valence-corrected chi connectivity index (χ2v) is 8.53. The number of benzene rings is 3. The van der Waals surface area contributed by atoms with E-state index in [1.807, 2.05) is 42.5 Å². The summed E-state index contributed by atoms with van der Waals surface area (Å²) in [4.78, 5) is 4.82. The summed E-state index contributed by atoms with van der Waals surface area (Å²) in [6, 6.07) is 22.3. The minimum absolute atomic E-state index is 0.400. The van der Waals surface area contributed by atoms with Crippen LogP contribution in [0.3, 0.4) is 0 Å². The highest BCUT2D eigenvalue weighted by Crippen LogP contribution is 2.28. The highest BCUT2D eigenvalue weighted by Gasteiger charge is 2.12. The van der Waals surface area contributed by atoms with Crippen molar-refractivity contribution >= 4 is 11.0 Å². The predicted molar refractivity (Wildman–Crippen MR) is 132 cm³/mol. The third kappa shape index (κ3) is 5.48. The zero-order valence-electron chi connectivity index (χ0n) is 19.9. The number of hydrogen-bond acceptors (Lipinski definition) is 4. The maximum Gasteiger partial charge on any atom is 0.147 e. The van der Waals surface area contributed by atoms with Crippen molar-refractivity contribution < 1.29 is 14.2 Å². The molecular formula is C28H32N2O3. The van der Waals surface area contributed by atoms with Gasteiger partial charge >= 0.3 is 0 Å². The highest BCUT2D eigenvalue weighted by molar-refractivity contribution is 5.75. The molecule has 0 bridgehead atoms. The Morgan fingerprint density at radius 1 is 0.909 bits per heavy atom. The Bertz CT molecular complexity index is 1200. The van der Waals surface area contributed by atoms with Crippen LogP contribution in [-0.4, -0.2) is 23.3 Å². The Hall–Kier alpha value is -3.47. The van der Waals surface area contributed by atoms with E-state index in [2.05, 4.69) is 49.6 Å². The molecule has 5 heteroatoms. The summed E-state index contributed by atoms with van der Waals surface area (Å²) in [5, 5.41) is 0. The van der Waals surface area contributed by atoms with E-state index in [-0.39, 0.29) is 0 Å². The minimum Gasteiger partial charge on any atom is -0.497 e. The number of para-hydroxylation sites is 2. The van der Waals surface area contributed by atoms with Gasteiger partial charge in [0.05, 0.1) is 24.8 Å². The molecule has 1 heterocycles. The van der Waals surface area contributed by atoms with Crippen molar-refractivity contribution in [3.05, 3.63) is 83.7 Å². The standard InChI is InChI=1S/C28H32N2O3/c1-20(2)24-15-10-21(3)18-27(24)32-17-7-16-30-26-9-6-5-8-25(26)29-28(30)19-33-23-13-11-22(31-4)12-14-23/h5-6,8-15,18,20H,7,16-17,19H2,1-4H3. The number of nitrogens with zero attached hydrogens (tertiary/aromatic N) is 2. The highest BCUT2D eigenvalue weighted by atomic mass is 16.5. The third-order valence-corrected chi connectivity index (χ3v) is 5.74. The van der Waals surface area contributed by atoms with Gasteiger partial charge in [-0.2, -0.15) is 0 Å². The number of methoxy groups -OCH3 is 1. The maximum absolute atomic E-state index is 6.20. The number of fused-ring (bicyclic) bond motifs is 1. The first kappa shape index (κ1) is 22.7. The molecule has 1 aromatic heterocycles. The Morgan fingerprint density at radius 3 is 2.42 bits per heavy atom.